The molecule has 0 saturated carbocycles. The summed E-state index contributed by atoms with van der Waals surface area (Å²) in [4.78, 5) is 22.9. The molecule has 0 amide bonds. The van der Waals surface area contributed by atoms with E-state index in [1.54, 1.807) is 31.2 Å². The van der Waals surface area contributed by atoms with E-state index in [2.05, 4.69) is 12.6 Å². The number of carbonyl (C=O) groups is 2. The first kappa shape index (κ1) is 12.3. The van der Waals surface area contributed by atoms with Gasteiger partial charge in [0.25, 0.3) is 0 Å². The van der Waals surface area contributed by atoms with Crippen LogP contribution in [-0.2, 0) is 15.0 Å². The summed E-state index contributed by atoms with van der Waals surface area (Å²) in [7, 11) is 0. The minimum absolute atomic E-state index is 0.232. The Kier molecular flexibility index (Phi) is 3.58. The van der Waals surface area contributed by atoms with Crippen LogP contribution in [0.1, 0.15) is 19.4 Å². The van der Waals surface area contributed by atoms with Gasteiger partial charge in [0.05, 0.1) is 0 Å². The second kappa shape index (κ2) is 4.37. The Bertz CT molecular complexity index is 384. The van der Waals surface area contributed by atoms with Crippen molar-refractivity contribution < 1.29 is 9.59 Å². The van der Waals surface area contributed by atoms with Crippen molar-refractivity contribution in [3.05, 3.63) is 34.9 Å². The first-order valence-corrected chi connectivity index (χ1v) is 5.22. The number of benzene rings is 1. The van der Waals surface area contributed by atoms with Crippen LogP contribution in [0.2, 0.25) is 5.02 Å². The van der Waals surface area contributed by atoms with Crippen LogP contribution in [-0.4, -0.2) is 10.9 Å². The third-order valence-electron chi connectivity index (χ3n) is 2.55. The molecule has 0 aliphatic carbocycles. The van der Waals surface area contributed by atoms with Crippen LogP contribution in [0.4, 0.5) is 0 Å². The number of thiol groups is 1. The lowest BCUT2D eigenvalue weighted by molar-refractivity contribution is -0.128. The van der Waals surface area contributed by atoms with E-state index in [-0.39, 0.29) is 5.78 Å². The molecule has 1 aromatic rings. The maximum atomic E-state index is 11.5. The highest BCUT2D eigenvalue weighted by molar-refractivity contribution is 7.96. The third-order valence-corrected chi connectivity index (χ3v) is 3.25. The first-order valence-electron chi connectivity index (χ1n) is 4.39. The van der Waals surface area contributed by atoms with E-state index in [0.29, 0.717) is 10.6 Å². The summed E-state index contributed by atoms with van der Waals surface area (Å²) in [5.74, 6) is -0.232. The molecule has 0 bridgehead atoms. The molecule has 0 aliphatic heterocycles. The quantitative estimate of drug-likeness (QED) is 0.653. The number of ketones is 1. The van der Waals surface area contributed by atoms with Gasteiger partial charge in [0.15, 0.2) is 0 Å². The summed E-state index contributed by atoms with van der Waals surface area (Å²) in [6, 6.07) is 6.62. The maximum absolute atomic E-state index is 11.5. The molecule has 1 rings (SSSR count). The van der Waals surface area contributed by atoms with Crippen LogP contribution in [0.3, 0.4) is 0 Å². The first-order chi connectivity index (χ1) is 6.89. The fraction of sp³-hybridized carbons (Fsp3) is 0.273. The minimum atomic E-state index is -1.19. The Balaban J connectivity index is 3.28. The van der Waals surface area contributed by atoms with Gasteiger partial charge in [0, 0.05) is 5.02 Å². The monoisotopic (exact) mass is 242 g/mol. The zero-order valence-corrected chi connectivity index (χ0v) is 10.1. The van der Waals surface area contributed by atoms with Crippen molar-refractivity contribution in [2.24, 2.45) is 0 Å². The molecule has 0 N–H and O–H groups in total. The molecule has 1 aromatic carbocycles. The van der Waals surface area contributed by atoms with E-state index in [1.165, 1.54) is 6.92 Å². The smallest absolute Gasteiger partial charge is 0.203 e. The molecule has 0 aromatic heterocycles. The average molecular weight is 243 g/mol. The van der Waals surface area contributed by atoms with Crippen LogP contribution in [0.25, 0.3) is 0 Å². The molecule has 0 saturated heterocycles. The molecule has 15 heavy (non-hydrogen) atoms. The zero-order chi connectivity index (χ0) is 11.6. The fourth-order valence-electron chi connectivity index (χ4n) is 1.26. The van der Waals surface area contributed by atoms with Gasteiger partial charge in [-0.05, 0) is 31.5 Å². The standard InChI is InChI=1S/C11H11ClO2S/c1-7(13)11(2,10(14)15)8-3-5-9(12)6-4-8/h3-6H,1-2H3,(H,14,15). The maximum Gasteiger partial charge on any atom is 0.203 e. The van der Waals surface area contributed by atoms with E-state index in [9.17, 15) is 9.59 Å². The Morgan fingerprint density at radius 1 is 1.27 bits per heavy atom. The number of carbonyl (C=O) groups excluding carboxylic acids is 2. The fourth-order valence-corrected chi connectivity index (χ4v) is 1.67. The molecule has 0 fully saturated rings. The summed E-state index contributed by atoms with van der Waals surface area (Å²) < 4.78 is 0. The molecule has 0 aliphatic rings. The van der Waals surface area contributed by atoms with Crippen molar-refractivity contribution in [1.29, 1.82) is 0 Å². The molecule has 4 heteroatoms. The van der Waals surface area contributed by atoms with Crippen LogP contribution in [0, 0.1) is 0 Å². The largest absolute Gasteiger partial charge is 0.298 e. The van der Waals surface area contributed by atoms with Crippen LogP contribution in [0.15, 0.2) is 24.3 Å². The molecular formula is C11H11ClO2S. The van der Waals surface area contributed by atoms with E-state index in [4.69, 9.17) is 11.6 Å². The predicted octanol–water partition coefficient (Wildman–Crippen LogP) is 2.64. The molecule has 1 unspecified atom stereocenters. The highest BCUT2D eigenvalue weighted by Crippen LogP contribution is 2.28. The molecule has 2 nitrogen and oxygen atoms in total. The number of hydrogen-bond acceptors (Lipinski definition) is 2. The van der Waals surface area contributed by atoms with Crippen molar-refractivity contribution in [3.63, 3.8) is 0 Å². The van der Waals surface area contributed by atoms with Gasteiger partial charge in [-0.15, -0.1) is 12.6 Å². The second-order valence-electron chi connectivity index (χ2n) is 3.49. The van der Waals surface area contributed by atoms with Crippen molar-refractivity contribution in [3.8, 4) is 0 Å². The Morgan fingerprint density at radius 2 is 1.73 bits per heavy atom. The van der Waals surface area contributed by atoms with Crippen LogP contribution in [0.5, 0.6) is 0 Å². The SMILES string of the molecule is CC(=O)C(C)(C(=O)S)c1ccc(Cl)cc1. The number of Topliss-reactive ketones (excluding diaryl/α,β-unsaturated/α-hetero) is 1. The molecule has 0 radical (unpaired) electrons. The Morgan fingerprint density at radius 3 is 2.07 bits per heavy atom. The summed E-state index contributed by atoms with van der Waals surface area (Å²) in [6.07, 6.45) is 0. The van der Waals surface area contributed by atoms with Crippen molar-refractivity contribution in [2.45, 2.75) is 19.3 Å². The summed E-state index contributed by atoms with van der Waals surface area (Å²) in [5.41, 5.74) is -0.576. The second-order valence-corrected chi connectivity index (χ2v) is 4.34. The van der Waals surface area contributed by atoms with Crippen molar-refractivity contribution in [1.82, 2.24) is 0 Å². The highest BCUT2D eigenvalue weighted by atomic mass is 35.5. The van der Waals surface area contributed by atoms with Crippen LogP contribution >= 0.6 is 24.2 Å². The van der Waals surface area contributed by atoms with Gasteiger partial charge < -0.3 is 0 Å². The highest BCUT2D eigenvalue weighted by Gasteiger charge is 2.37. The van der Waals surface area contributed by atoms with Crippen LogP contribution < -0.4 is 0 Å². The van der Waals surface area contributed by atoms with Gasteiger partial charge in [-0.2, -0.15) is 0 Å². The molecular weight excluding hydrogens is 232 g/mol. The van der Waals surface area contributed by atoms with Gasteiger partial charge in [-0.1, -0.05) is 23.7 Å². The lowest BCUT2D eigenvalue weighted by Gasteiger charge is -2.23. The van der Waals surface area contributed by atoms with Gasteiger partial charge in [-0.25, -0.2) is 0 Å². The Hall–Kier alpha value is -0.800. The average Bonchev–Trinajstić information content (AvgIpc) is 2.17. The van der Waals surface area contributed by atoms with Crippen molar-refractivity contribution >= 4 is 35.1 Å². The lowest BCUT2D eigenvalue weighted by atomic mass is 9.80. The molecule has 0 heterocycles. The predicted molar refractivity (Wildman–Crippen MR) is 63.5 cm³/mol. The Labute approximate surface area is 99.0 Å². The normalized spacial score (nSPS) is 14.4. The van der Waals surface area contributed by atoms with E-state index in [1.807, 2.05) is 0 Å². The van der Waals surface area contributed by atoms with Gasteiger partial charge in [-0.3, -0.25) is 9.59 Å². The third kappa shape index (κ3) is 2.24. The van der Waals surface area contributed by atoms with Gasteiger partial charge >= 0.3 is 0 Å². The number of halogens is 1. The minimum Gasteiger partial charge on any atom is -0.298 e. The van der Waals surface area contributed by atoms with Gasteiger partial charge in [0.1, 0.15) is 11.2 Å². The summed E-state index contributed by atoms with van der Waals surface area (Å²) in [6.45, 7) is 2.94. The number of hydrogen-bond donors (Lipinski definition) is 1. The lowest BCUT2D eigenvalue weighted by Crippen LogP contribution is -2.36. The van der Waals surface area contributed by atoms with E-state index in [0.717, 1.165) is 0 Å². The summed E-state index contributed by atoms with van der Waals surface area (Å²) >= 11 is 9.49. The van der Waals surface area contributed by atoms with E-state index >= 15 is 0 Å². The number of rotatable bonds is 3. The van der Waals surface area contributed by atoms with Gasteiger partial charge in [0.2, 0.25) is 5.12 Å². The molecule has 0 spiro atoms. The molecule has 1 atom stereocenters. The topological polar surface area (TPSA) is 34.1 Å². The molecule has 80 valence electrons. The zero-order valence-electron chi connectivity index (χ0n) is 8.45. The van der Waals surface area contributed by atoms with E-state index < -0.39 is 10.5 Å². The van der Waals surface area contributed by atoms with Crippen molar-refractivity contribution in [2.75, 3.05) is 0 Å². The summed E-state index contributed by atoms with van der Waals surface area (Å²) in [5, 5.41) is 0.105.